The Kier molecular flexibility index (Phi) is 3.71. The van der Waals surface area contributed by atoms with E-state index >= 15 is 0 Å². The number of anilines is 1. The van der Waals surface area contributed by atoms with Crippen LogP contribution in [-0.2, 0) is 0 Å². The van der Waals surface area contributed by atoms with Crippen molar-refractivity contribution in [2.45, 2.75) is 0 Å². The number of aromatic hydroxyl groups is 1. The summed E-state index contributed by atoms with van der Waals surface area (Å²) in [7, 11) is 0. The number of amides is 1. The van der Waals surface area contributed by atoms with Gasteiger partial charge in [-0.05, 0) is 57.9 Å². The Morgan fingerprint density at radius 2 is 1.36 bits per heavy atom. The fourth-order valence-corrected chi connectivity index (χ4v) is 2.81. The molecule has 0 heterocycles. The first-order chi connectivity index (χ1) is 12.2. The van der Waals surface area contributed by atoms with E-state index in [0.717, 1.165) is 21.5 Å². The van der Waals surface area contributed by atoms with Gasteiger partial charge in [0.25, 0.3) is 0 Å². The van der Waals surface area contributed by atoms with E-state index in [-0.39, 0.29) is 11.5 Å². The molecular weight excluding hydrogens is 314 g/mol. The number of para-hydroxylation sites is 1. The van der Waals surface area contributed by atoms with Crippen molar-refractivity contribution in [2.24, 2.45) is 0 Å². The highest BCUT2D eigenvalue weighted by atomic mass is 16.6. The summed E-state index contributed by atoms with van der Waals surface area (Å²) in [5.41, 5.74) is 0.624. The molecule has 0 unspecified atom stereocenters. The molecule has 4 aromatic rings. The molecule has 25 heavy (non-hydrogen) atoms. The molecule has 4 nitrogen and oxygen atoms in total. The van der Waals surface area contributed by atoms with Gasteiger partial charge >= 0.3 is 6.09 Å². The Labute approximate surface area is 144 Å². The quantitative estimate of drug-likeness (QED) is 0.490. The number of nitrogens with one attached hydrogen (secondary N) is 1. The molecular formula is C21H15NO3. The van der Waals surface area contributed by atoms with Crippen molar-refractivity contribution in [1.29, 1.82) is 0 Å². The van der Waals surface area contributed by atoms with Crippen LogP contribution in [0, 0.1) is 0 Å². The second-order valence-corrected chi connectivity index (χ2v) is 5.75. The van der Waals surface area contributed by atoms with Crippen LogP contribution in [0.2, 0.25) is 0 Å². The second-order valence-electron chi connectivity index (χ2n) is 5.75. The first-order valence-electron chi connectivity index (χ1n) is 7.88. The highest BCUT2D eigenvalue weighted by molar-refractivity contribution is 5.99. The number of ether oxygens (including phenoxy) is 1. The van der Waals surface area contributed by atoms with E-state index in [1.54, 1.807) is 24.3 Å². The number of phenolic OH excluding ortho intramolecular Hbond substituents is 1. The Hall–Kier alpha value is -3.53. The average Bonchev–Trinajstić information content (AvgIpc) is 2.61. The predicted molar refractivity (Wildman–Crippen MR) is 99.2 cm³/mol. The molecule has 0 aliphatic heterocycles. The van der Waals surface area contributed by atoms with Gasteiger partial charge in [-0.1, -0.05) is 42.5 Å². The summed E-state index contributed by atoms with van der Waals surface area (Å²) < 4.78 is 5.27. The van der Waals surface area contributed by atoms with E-state index < -0.39 is 6.09 Å². The standard InChI is InChI=1S/C21H15NO3/c23-19-12-16-10-14-6-4-5-7-15(14)11-17(16)13-20(19)25-21(24)22-18-8-2-1-3-9-18/h1-13,23H,(H,22,24). The van der Waals surface area contributed by atoms with Crippen LogP contribution in [0.15, 0.2) is 78.9 Å². The van der Waals surface area contributed by atoms with Crippen molar-refractivity contribution in [3.05, 3.63) is 78.9 Å². The third-order valence-corrected chi connectivity index (χ3v) is 4.01. The number of carbonyl (C=O) groups is 1. The molecule has 0 aromatic heterocycles. The molecule has 1 amide bonds. The van der Waals surface area contributed by atoms with Gasteiger partial charge in [0.15, 0.2) is 11.5 Å². The Balaban J connectivity index is 1.66. The lowest BCUT2D eigenvalue weighted by molar-refractivity contribution is 0.213. The molecule has 0 spiro atoms. The van der Waals surface area contributed by atoms with Crippen LogP contribution in [0.25, 0.3) is 21.5 Å². The van der Waals surface area contributed by atoms with E-state index in [2.05, 4.69) is 5.32 Å². The fraction of sp³-hybridized carbons (Fsp3) is 0. The average molecular weight is 329 g/mol. The van der Waals surface area contributed by atoms with Crippen LogP contribution in [0.1, 0.15) is 0 Å². The van der Waals surface area contributed by atoms with Crippen molar-refractivity contribution in [1.82, 2.24) is 0 Å². The van der Waals surface area contributed by atoms with Gasteiger partial charge in [0.1, 0.15) is 0 Å². The van der Waals surface area contributed by atoms with Gasteiger partial charge in [-0.3, -0.25) is 5.32 Å². The molecule has 0 aliphatic rings. The maximum absolute atomic E-state index is 12.0. The van der Waals surface area contributed by atoms with Crippen molar-refractivity contribution in [2.75, 3.05) is 5.32 Å². The minimum Gasteiger partial charge on any atom is -0.504 e. The lowest BCUT2D eigenvalue weighted by atomic mass is 10.0. The van der Waals surface area contributed by atoms with Gasteiger partial charge in [0.05, 0.1) is 0 Å². The molecule has 4 heteroatoms. The molecule has 0 aliphatic carbocycles. The molecule has 122 valence electrons. The van der Waals surface area contributed by atoms with Crippen molar-refractivity contribution >= 4 is 33.3 Å². The maximum atomic E-state index is 12.0. The number of rotatable bonds is 2. The summed E-state index contributed by atoms with van der Waals surface area (Å²) in [4.78, 5) is 12.0. The normalized spacial score (nSPS) is 10.7. The Bertz CT molecular complexity index is 1070. The number of phenols is 1. The van der Waals surface area contributed by atoms with Gasteiger partial charge < -0.3 is 9.84 Å². The topological polar surface area (TPSA) is 58.6 Å². The van der Waals surface area contributed by atoms with Crippen LogP contribution in [0.3, 0.4) is 0 Å². The van der Waals surface area contributed by atoms with E-state index in [1.165, 1.54) is 0 Å². The molecule has 0 atom stereocenters. The zero-order valence-electron chi connectivity index (χ0n) is 13.3. The van der Waals surface area contributed by atoms with Crippen LogP contribution < -0.4 is 10.1 Å². The third kappa shape index (κ3) is 3.10. The second kappa shape index (κ2) is 6.17. The third-order valence-electron chi connectivity index (χ3n) is 4.01. The number of fused-ring (bicyclic) bond motifs is 2. The monoisotopic (exact) mass is 329 g/mol. The number of carbonyl (C=O) groups excluding carboxylic acids is 1. The first-order valence-corrected chi connectivity index (χ1v) is 7.88. The molecule has 2 N–H and O–H groups in total. The van der Waals surface area contributed by atoms with Crippen molar-refractivity contribution < 1.29 is 14.6 Å². The summed E-state index contributed by atoms with van der Waals surface area (Å²) in [6.45, 7) is 0. The van der Waals surface area contributed by atoms with Gasteiger partial charge in [-0.2, -0.15) is 0 Å². The molecule has 0 bridgehead atoms. The highest BCUT2D eigenvalue weighted by Crippen LogP contribution is 2.33. The summed E-state index contributed by atoms with van der Waals surface area (Å²) in [6, 6.07) is 24.3. The SMILES string of the molecule is O=C(Nc1ccccc1)Oc1cc2cc3ccccc3cc2cc1O. The van der Waals surface area contributed by atoms with Gasteiger partial charge in [0, 0.05) is 5.69 Å². The van der Waals surface area contributed by atoms with E-state index in [4.69, 9.17) is 4.74 Å². The van der Waals surface area contributed by atoms with Gasteiger partial charge in [-0.25, -0.2) is 4.79 Å². The van der Waals surface area contributed by atoms with Crippen LogP contribution >= 0.6 is 0 Å². The fourth-order valence-electron chi connectivity index (χ4n) is 2.81. The minimum absolute atomic E-state index is 0.0778. The van der Waals surface area contributed by atoms with Crippen molar-refractivity contribution in [3.63, 3.8) is 0 Å². The summed E-state index contributed by atoms with van der Waals surface area (Å²) >= 11 is 0. The molecule has 0 radical (unpaired) electrons. The first kappa shape index (κ1) is 15.0. The molecule has 0 saturated heterocycles. The van der Waals surface area contributed by atoms with E-state index in [1.807, 2.05) is 54.6 Å². The van der Waals surface area contributed by atoms with Gasteiger partial charge in [0.2, 0.25) is 0 Å². The Morgan fingerprint density at radius 1 is 0.760 bits per heavy atom. The van der Waals surface area contributed by atoms with Gasteiger partial charge in [-0.15, -0.1) is 0 Å². The number of hydrogen-bond donors (Lipinski definition) is 2. The van der Waals surface area contributed by atoms with Crippen LogP contribution in [0.4, 0.5) is 10.5 Å². The number of benzene rings is 4. The lowest BCUT2D eigenvalue weighted by Crippen LogP contribution is -2.16. The minimum atomic E-state index is -0.651. The van der Waals surface area contributed by atoms with Crippen molar-refractivity contribution in [3.8, 4) is 11.5 Å². The zero-order valence-corrected chi connectivity index (χ0v) is 13.3. The highest BCUT2D eigenvalue weighted by Gasteiger charge is 2.11. The summed E-state index contributed by atoms with van der Waals surface area (Å²) in [6.07, 6.45) is -0.651. The summed E-state index contributed by atoms with van der Waals surface area (Å²) in [5.74, 6) is 0.0437. The molecule has 0 fully saturated rings. The zero-order chi connectivity index (χ0) is 17.2. The smallest absolute Gasteiger partial charge is 0.417 e. The van der Waals surface area contributed by atoms with Crippen LogP contribution in [0.5, 0.6) is 11.5 Å². The van der Waals surface area contributed by atoms with E-state index in [9.17, 15) is 9.90 Å². The molecule has 0 saturated carbocycles. The predicted octanol–water partition coefficient (Wildman–Crippen LogP) is 5.31. The Morgan fingerprint density at radius 3 is 2.04 bits per heavy atom. The largest absolute Gasteiger partial charge is 0.504 e. The molecule has 4 aromatic carbocycles. The van der Waals surface area contributed by atoms with Crippen LogP contribution in [-0.4, -0.2) is 11.2 Å². The van der Waals surface area contributed by atoms with E-state index in [0.29, 0.717) is 5.69 Å². The lowest BCUT2D eigenvalue weighted by Gasteiger charge is -2.10. The molecule has 4 rings (SSSR count). The number of hydrogen-bond acceptors (Lipinski definition) is 3. The maximum Gasteiger partial charge on any atom is 0.417 e. The summed E-state index contributed by atoms with van der Waals surface area (Å²) in [5, 5.41) is 16.8.